The fraction of sp³-hybridized carbons (Fsp3) is 0.625. The second kappa shape index (κ2) is 7.49. The summed E-state index contributed by atoms with van der Waals surface area (Å²) in [5.74, 6) is 0. The van der Waals surface area contributed by atoms with Crippen LogP contribution in [0.25, 0.3) is 0 Å². The van der Waals surface area contributed by atoms with E-state index in [0.29, 0.717) is 44.2 Å². The second-order valence-corrected chi connectivity index (χ2v) is 8.45. The van der Waals surface area contributed by atoms with Crippen molar-refractivity contribution < 1.29 is 13.2 Å². The molecule has 0 aliphatic carbocycles. The van der Waals surface area contributed by atoms with Gasteiger partial charge in [0.1, 0.15) is 0 Å². The van der Waals surface area contributed by atoms with Gasteiger partial charge in [-0.3, -0.25) is 0 Å². The van der Waals surface area contributed by atoms with Gasteiger partial charge >= 0.3 is 0 Å². The fourth-order valence-electron chi connectivity index (χ4n) is 3.19. The number of ether oxygens (including phenoxy) is 1. The molecule has 0 aromatic heterocycles. The van der Waals surface area contributed by atoms with Gasteiger partial charge in [-0.1, -0.05) is 36.2 Å². The fourth-order valence-corrected chi connectivity index (χ4v) is 5.11. The van der Waals surface area contributed by atoms with E-state index in [4.69, 9.17) is 16.3 Å². The molecule has 23 heavy (non-hydrogen) atoms. The highest BCUT2D eigenvalue weighted by Crippen LogP contribution is 2.22. The van der Waals surface area contributed by atoms with Crippen molar-refractivity contribution in [3.63, 3.8) is 0 Å². The Morgan fingerprint density at radius 1 is 1.09 bits per heavy atom. The number of hydrogen-bond acceptors (Lipinski definition) is 3. The number of hydrogen-bond donors (Lipinski definition) is 0. The van der Waals surface area contributed by atoms with Crippen LogP contribution < -0.4 is 0 Å². The van der Waals surface area contributed by atoms with E-state index in [0.717, 1.165) is 24.8 Å². The zero-order valence-electron chi connectivity index (χ0n) is 13.2. The van der Waals surface area contributed by atoms with E-state index in [-0.39, 0.29) is 6.10 Å². The molecule has 2 aliphatic rings. The summed E-state index contributed by atoms with van der Waals surface area (Å²) in [6.45, 7) is 2.52. The van der Waals surface area contributed by atoms with Crippen LogP contribution >= 0.6 is 11.6 Å². The standard InChI is InChI=1S/C16H23ClN2O3S/c17-16-7-3-2-6-14(16)12-15-13-19(10-11-22-15)23(20,21)18-8-4-1-5-9-18/h2-3,6-7,15H,1,4-5,8-13H2/t15-/m1/s1. The lowest BCUT2D eigenvalue weighted by molar-refractivity contribution is -0.00242. The van der Waals surface area contributed by atoms with E-state index in [1.807, 2.05) is 24.3 Å². The summed E-state index contributed by atoms with van der Waals surface area (Å²) >= 11 is 6.20. The predicted molar refractivity (Wildman–Crippen MR) is 90.8 cm³/mol. The molecular weight excluding hydrogens is 336 g/mol. The summed E-state index contributed by atoms with van der Waals surface area (Å²) in [5.41, 5.74) is 0.997. The van der Waals surface area contributed by atoms with Crippen LogP contribution in [-0.2, 0) is 21.4 Å². The molecule has 2 heterocycles. The van der Waals surface area contributed by atoms with Gasteiger partial charge < -0.3 is 4.74 Å². The summed E-state index contributed by atoms with van der Waals surface area (Å²) in [7, 11) is -3.37. The molecule has 0 N–H and O–H groups in total. The van der Waals surface area contributed by atoms with Crippen molar-refractivity contribution >= 4 is 21.8 Å². The first kappa shape index (κ1) is 17.2. The van der Waals surface area contributed by atoms with Crippen molar-refractivity contribution in [2.45, 2.75) is 31.8 Å². The van der Waals surface area contributed by atoms with Gasteiger partial charge in [-0.25, -0.2) is 0 Å². The van der Waals surface area contributed by atoms with Crippen LogP contribution in [-0.4, -0.2) is 55.9 Å². The summed E-state index contributed by atoms with van der Waals surface area (Å²) in [5, 5.41) is 0.701. The Kier molecular flexibility index (Phi) is 5.59. The zero-order chi connectivity index (χ0) is 16.3. The van der Waals surface area contributed by atoms with Crippen molar-refractivity contribution in [1.29, 1.82) is 0 Å². The van der Waals surface area contributed by atoms with Gasteiger partial charge in [-0.05, 0) is 24.5 Å². The SMILES string of the molecule is O=S(=O)(N1CCCCC1)N1CCO[C@H](Cc2ccccc2Cl)C1. The van der Waals surface area contributed by atoms with E-state index in [9.17, 15) is 8.42 Å². The van der Waals surface area contributed by atoms with Crippen LogP contribution in [0.15, 0.2) is 24.3 Å². The zero-order valence-corrected chi connectivity index (χ0v) is 14.7. The molecule has 1 aromatic rings. The van der Waals surface area contributed by atoms with Crippen LogP contribution in [0.5, 0.6) is 0 Å². The van der Waals surface area contributed by atoms with Crippen molar-refractivity contribution in [2.24, 2.45) is 0 Å². The number of nitrogens with zero attached hydrogens (tertiary/aromatic N) is 2. The van der Waals surface area contributed by atoms with Crippen LogP contribution in [0.1, 0.15) is 24.8 Å². The lowest BCUT2D eigenvalue weighted by Crippen LogP contribution is -2.52. The molecule has 1 aromatic carbocycles. The Hall–Kier alpha value is -0.660. The highest BCUT2D eigenvalue weighted by Gasteiger charge is 2.34. The minimum Gasteiger partial charge on any atom is -0.375 e. The molecule has 0 spiro atoms. The lowest BCUT2D eigenvalue weighted by atomic mass is 10.1. The summed E-state index contributed by atoms with van der Waals surface area (Å²) in [4.78, 5) is 0. The topological polar surface area (TPSA) is 49.9 Å². The van der Waals surface area contributed by atoms with Crippen LogP contribution in [0, 0.1) is 0 Å². The van der Waals surface area contributed by atoms with Gasteiger partial charge in [-0.15, -0.1) is 0 Å². The minimum absolute atomic E-state index is 0.150. The largest absolute Gasteiger partial charge is 0.375 e. The quantitative estimate of drug-likeness (QED) is 0.830. The molecule has 7 heteroatoms. The average Bonchev–Trinajstić information content (AvgIpc) is 2.58. The van der Waals surface area contributed by atoms with Crippen molar-refractivity contribution in [3.05, 3.63) is 34.9 Å². The number of benzene rings is 1. The molecular formula is C16H23ClN2O3S. The first-order valence-corrected chi connectivity index (χ1v) is 9.95. The Morgan fingerprint density at radius 2 is 1.83 bits per heavy atom. The van der Waals surface area contributed by atoms with Crippen molar-refractivity contribution in [3.8, 4) is 0 Å². The molecule has 0 radical (unpaired) electrons. The van der Waals surface area contributed by atoms with E-state index in [1.165, 1.54) is 0 Å². The molecule has 0 unspecified atom stereocenters. The van der Waals surface area contributed by atoms with Crippen molar-refractivity contribution in [2.75, 3.05) is 32.8 Å². The highest BCUT2D eigenvalue weighted by molar-refractivity contribution is 7.86. The summed E-state index contributed by atoms with van der Waals surface area (Å²) in [6.07, 6.45) is 3.50. The summed E-state index contributed by atoms with van der Waals surface area (Å²) in [6, 6.07) is 7.64. The minimum atomic E-state index is -3.37. The molecule has 1 atom stereocenters. The molecule has 5 nitrogen and oxygen atoms in total. The first-order chi connectivity index (χ1) is 11.1. The Morgan fingerprint density at radius 3 is 2.57 bits per heavy atom. The van der Waals surface area contributed by atoms with Crippen LogP contribution in [0.3, 0.4) is 0 Å². The number of piperidine rings is 1. The third-order valence-electron chi connectivity index (χ3n) is 4.47. The van der Waals surface area contributed by atoms with Crippen LogP contribution in [0.4, 0.5) is 0 Å². The maximum Gasteiger partial charge on any atom is 0.282 e. The maximum atomic E-state index is 12.8. The van der Waals surface area contributed by atoms with Gasteiger partial charge in [0.2, 0.25) is 0 Å². The molecule has 2 fully saturated rings. The summed E-state index contributed by atoms with van der Waals surface area (Å²) < 4.78 is 34.5. The van der Waals surface area contributed by atoms with E-state index in [2.05, 4.69) is 0 Å². The van der Waals surface area contributed by atoms with Gasteiger partial charge in [0.05, 0.1) is 12.7 Å². The van der Waals surface area contributed by atoms with E-state index < -0.39 is 10.2 Å². The maximum absolute atomic E-state index is 12.8. The van der Waals surface area contributed by atoms with Gasteiger partial charge in [0.25, 0.3) is 10.2 Å². The molecule has 2 aliphatic heterocycles. The van der Waals surface area contributed by atoms with E-state index >= 15 is 0 Å². The second-order valence-electron chi connectivity index (χ2n) is 6.11. The third kappa shape index (κ3) is 4.06. The van der Waals surface area contributed by atoms with Gasteiger partial charge in [0, 0.05) is 37.6 Å². The third-order valence-corrected chi connectivity index (χ3v) is 6.85. The normalized spacial score (nSPS) is 24.7. The Balaban J connectivity index is 1.67. The van der Waals surface area contributed by atoms with Crippen LogP contribution in [0.2, 0.25) is 5.02 Å². The lowest BCUT2D eigenvalue weighted by Gasteiger charge is -2.36. The van der Waals surface area contributed by atoms with Gasteiger partial charge in [-0.2, -0.15) is 17.0 Å². The van der Waals surface area contributed by atoms with Crippen molar-refractivity contribution in [1.82, 2.24) is 8.61 Å². The molecule has 3 rings (SSSR count). The molecule has 0 saturated carbocycles. The highest BCUT2D eigenvalue weighted by atomic mass is 35.5. The molecule has 0 amide bonds. The predicted octanol–water partition coefficient (Wildman–Crippen LogP) is 2.31. The number of halogens is 1. The smallest absolute Gasteiger partial charge is 0.282 e. The molecule has 128 valence electrons. The van der Waals surface area contributed by atoms with E-state index in [1.54, 1.807) is 8.61 Å². The Bertz CT molecular complexity index is 632. The average molecular weight is 359 g/mol. The van der Waals surface area contributed by atoms with Gasteiger partial charge in [0.15, 0.2) is 0 Å². The molecule has 0 bridgehead atoms. The Labute approximate surface area is 143 Å². The monoisotopic (exact) mass is 358 g/mol. The number of morpholine rings is 1. The molecule has 2 saturated heterocycles. The first-order valence-electron chi connectivity index (χ1n) is 8.17. The number of rotatable bonds is 4.